The zero-order valence-electron chi connectivity index (χ0n) is 9.66. The molecular formula is C12H18FNO2. The topological polar surface area (TPSA) is 41.5 Å². The molecule has 0 radical (unpaired) electrons. The third kappa shape index (κ3) is 3.79. The number of likely N-dealkylation sites (N-methyl/N-ethyl adjacent to an activating group) is 1. The summed E-state index contributed by atoms with van der Waals surface area (Å²) in [6.45, 7) is 0.539. The van der Waals surface area contributed by atoms with Crippen LogP contribution >= 0.6 is 0 Å². The Kier molecular flexibility index (Phi) is 5.22. The van der Waals surface area contributed by atoms with Gasteiger partial charge in [0, 0.05) is 6.54 Å². The fourth-order valence-corrected chi connectivity index (χ4v) is 1.60. The zero-order chi connectivity index (χ0) is 12.0. The van der Waals surface area contributed by atoms with Crippen molar-refractivity contribution in [3.63, 3.8) is 0 Å². The van der Waals surface area contributed by atoms with Crippen LogP contribution in [0.2, 0.25) is 0 Å². The Morgan fingerprint density at radius 1 is 1.50 bits per heavy atom. The maximum Gasteiger partial charge on any atom is 0.123 e. The molecule has 90 valence electrons. The van der Waals surface area contributed by atoms with Gasteiger partial charge in [-0.15, -0.1) is 0 Å². The molecule has 1 aromatic carbocycles. The quantitative estimate of drug-likeness (QED) is 0.770. The first-order valence-electron chi connectivity index (χ1n) is 5.32. The number of halogens is 1. The van der Waals surface area contributed by atoms with Gasteiger partial charge in [-0.05, 0) is 43.7 Å². The average molecular weight is 227 g/mol. The van der Waals surface area contributed by atoms with Gasteiger partial charge in [0.25, 0.3) is 0 Å². The van der Waals surface area contributed by atoms with Crippen molar-refractivity contribution in [3.8, 4) is 5.75 Å². The van der Waals surface area contributed by atoms with E-state index in [1.54, 1.807) is 20.2 Å². The van der Waals surface area contributed by atoms with E-state index in [0.29, 0.717) is 25.1 Å². The Hall–Kier alpha value is -1.13. The lowest BCUT2D eigenvalue weighted by Crippen LogP contribution is -2.23. The van der Waals surface area contributed by atoms with Gasteiger partial charge in [0.15, 0.2) is 0 Å². The van der Waals surface area contributed by atoms with Crippen molar-refractivity contribution in [2.45, 2.75) is 18.9 Å². The summed E-state index contributed by atoms with van der Waals surface area (Å²) in [4.78, 5) is 0. The van der Waals surface area contributed by atoms with Gasteiger partial charge >= 0.3 is 0 Å². The summed E-state index contributed by atoms with van der Waals surface area (Å²) in [5.41, 5.74) is 0.789. The Balaban J connectivity index is 2.61. The molecule has 0 fully saturated rings. The molecule has 0 spiro atoms. The van der Waals surface area contributed by atoms with Crippen LogP contribution in [0.5, 0.6) is 5.75 Å². The molecule has 1 rings (SSSR count). The van der Waals surface area contributed by atoms with E-state index >= 15 is 0 Å². The molecule has 0 amide bonds. The van der Waals surface area contributed by atoms with Crippen LogP contribution in [0.4, 0.5) is 4.39 Å². The monoisotopic (exact) mass is 227 g/mol. The van der Waals surface area contributed by atoms with Crippen molar-refractivity contribution in [3.05, 3.63) is 29.6 Å². The molecule has 0 saturated carbocycles. The minimum Gasteiger partial charge on any atom is -0.496 e. The smallest absolute Gasteiger partial charge is 0.123 e. The summed E-state index contributed by atoms with van der Waals surface area (Å²) >= 11 is 0. The Morgan fingerprint density at radius 3 is 2.88 bits per heavy atom. The van der Waals surface area contributed by atoms with E-state index in [-0.39, 0.29) is 5.82 Å². The Bertz CT molecular complexity index is 331. The van der Waals surface area contributed by atoms with E-state index in [1.165, 1.54) is 12.1 Å². The molecule has 2 N–H and O–H groups in total. The second kappa shape index (κ2) is 6.45. The highest BCUT2D eigenvalue weighted by molar-refractivity contribution is 5.34. The van der Waals surface area contributed by atoms with Crippen molar-refractivity contribution in [2.24, 2.45) is 0 Å². The maximum atomic E-state index is 13.0. The van der Waals surface area contributed by atoms with E-state index in [0.717, 1.165) is 5.56 Å². The first-order chi connectivity index (χ1) is 7.67. The largest absolute Gasteiger partial charge is 0.496 e. The van der Waals surface area contributed by atoms with Crippen molar-refractivity contribution < 1.29 is 14.2 Å². The number of aryl methyl sites for hydroxylation is 1. The van der Waals surface area contributed by atoms with Gasteiger partial charge in [0.1, 0.15) is 11.6 Å². The first kappa shape index (κ1) is 12.9. The molecular weight excluding hydrogens is 209 g/mol. The molecule has 0 aromatic heterocycles. The fraction of sp³-hybridized carbons (Fsp3) is 0.500. The lowest BCUT2D eigenvalue weighted by molar-refractivity contribution is 0.164. The van der Waals surface area contributed by atoms with Crippen LogP contribution in [-0.2, 0) is 6.42 Å². The van der Waals surface area contributed by atoms with Gasteiger partial charge in [-0.3, -0.25) is 0 Å². The molecule has 1 atom stereocenters. The van der Waals surface area contributed by atoms with Crippen LogP contribution in [0.1, 0.15) is 12.0 Å². The molecule has 0 bridgehead atoms. The molecule has 4 heteroatoms. The number of methoxy groups -OCH3 is 1. The minimum absolute atomic E-state index is 0.279. The number of hydrogen-bond acceptors (Lipinski definition) is 3. The summed E-state index contributed by atoms with van der Waals surface area (Å²) < 4.78 is 18.2. The number of aliphatic hydroxyl groups is 1. The highest BCUT2D eigenvalue weighted by atomic mass is 19.1. The molecule has 0 aliphatic rings. The van der Waals surface area contributed by atoms with Crippen molar-refractivity contribution in [1.82, 2.24) is 5.32 Å². The molecule has 1 unspecified atom stereocenters. The normalized spacial score (nSPS) is 12.5. The zero-order valence-corrected chi connectivity index (χ0v) is 9.66. The molecule has 0 aliphatic carbocycles. The van der Waals surface area contributed by atoms with E-state index < -0.39 is 6.10 Å². The highest BCUT2D eigenvalue weighted by Crippen LogP contribution is 2.21. The van der Waals surface area contributed by atoms with Crippen LogP contribution in [0.15, 0.2) is 18.2 Å². The van der Waals surface area contributed by atoms with Gasteiger partial charge < -0.3 is 15.2 Å². The number of nitrogens with one attached hydrogen (secondary N) is 1. The molecule has 0 saturated heterocycles. The van der Waals surface area contributed by atoms with Gasteiger partial charge in [-0.2, -0.15) is 0 Å². The lowest BCUT2D eigenvalue weighted by atomic mass is 10.1. The molecule has 1 aromatic rings. The summed E-state index contributed by atoms with van der Waals surface area (Å²) in [6, 6.07) is 4.42. The van der Waals surface area contributed by atoms with E-state index in [1.807, 2.05) is 0 Å². The van der Waals surface area contributed by atoms with E-state index in [4.69, 9.17) is 4.74 Å². The van der Waals surface area contributed by atoms with Gasteiger partial charge in [0.2, 0.25) is 0 Å². The Morgan fingerprint density at radius 2 is 2.25 bits per heavy atom. The number of benzene rings is 1. The van der Waals surface area contributed by atoms with Gasteiger partial charge in [-0.25, -0.2) is 4.39 Å². The third-order valence-electron chi connectivity index (χ3n) is 2.43. The predicted molar refractivity (Wildman–Crippen MR) is 61.2 cm³/mol. The number of rotatable bonds is 6. The number of hydrogen-bond donors (Lipinski definition) is 2. The SMILES string of the molecule is CNCC(O)CCc1cc(F)ccc1OC. The number of aliphatic hydroxyl groups excluding tert-OH is 1. The van der Waals surface area contributed by atoms with Gasteiger partial charge in [0.05, 0.1) is 13.2 Å². The maximum absolute atomic E-state index is 13.0. The second-order valence-electron chi connectivity index (χ2n) is 3.71. The molecule has 0 heterocycles. The molecule has 3 nitrogen and oxygen atoms in total. The standard InChI is InChI=1S/C12H18FNO2/c1-14-8-11(15)5-3-9-7-10(13)4-6-12(9)16-2/h4,6-7,11,14-15H,3,5,8H2,1-2H3. The summed E-state index contributed by atoms with van der Waals surface area (Å²) in [5.74, 6) is 0.386. The predicted octanol–water partition coefficient (Wildman–Crippen LogP) is 1.35. The fourth-order valence-electron chi connectivity index (χ4n) is 1.60. The number of ether oxygens (including phenoxy) is 1. The van der Waals surface area contributed by atoms with Crippen LogP contribution in [0, 0.1) is 5.82 Å². The summed E-state index contributed by atoms with van der Waals surface area (Å²) in [5, 5.41) is 12.4. The summed E-state index contributed by atoms with van der Waals surface area (Å²) in [7, 11) is 3.34. The highest BCUT2D eigenvalue weighted by Gasteiger charge is 2.08. The minimum atomic E-state index is -0.419. The lowest BCUT2D eigenvalue weighted by Gasteiger charge is -2.12. The first-order valence-corrected chi connectivity index (χ1v) is 5.32. The summed E-state index contributed by atoms with van der Waals surface area (Å²) in [6.07, 6.45) is 0.766. The average Bonchev–Trinajstić information content (AvgIpc) is 2.27. The molecule has 16 heavy (non-hydrogen) atoms. The van der Waals surface area contributed by atoms with Crippen molar-refractivity contribution >= 4 is 0 Å². The van der Waals surface area contributed by atoms with Crippen LogP contribution in [-0.4, -0.2) is 31.9 Å². The van der Waals surface area contributed by atoms with Crippen LogP contribution < -0.4 is 10.1 Å². The van der Waals surface area contributed by atoms with Crippen LogP contribution in [0.25, 0.3) is 0 Å². The van der Waals surface area contributed by atoms with Crippen molar-refractivity contribution in [1.29, 1.82) is 0 Å². The van der Waals surface area contributed by atoms with Crippen LogP contribution in [0.3, 0.4) is 0 Å². The van der Waals surface area contributed by atoms with Gasteiger partial charge in [-0.1, -0.05) is 0 Å². The van der Waals surface area contributed by atoms with Crippen molar-refractivity contribution in [2.75, 3.05) is 20.7 Å². The third-order valence-corrected chi connectivity index (χ3v) is 2.43. The van der Waals surface area contributed by atoms with E-state index in [2.05, 4.69) is 5.32 Å². The van der Waals surface area contributed by atoms with E-state index in [9.17, 15) is 9.50 Å². The molecule has 0 aliphatic heterocycles. The Labute approximate surface area is 95.2 Å². The second-order valence-corrected chi connectivity index (χ2v) is 3.71.